The molecule has 0 spiro atoms. The van der Waals surface area contributed by atoms with E-state index in [0.717, 1.165) is 22.4 Å². The number of amides is 1. The van der Waals surface area contributed by atoms with Crippen LogP contribution in [0.3, 0.4) is 0 Å². The number of benzene rings is 2. The van der Waals surface area contributed by atoms with Crippen LogP contribution in [-0.4, -0.2) is 27.2 Å². The number of thioether (sulfide) groups is 1. The quantitative estimate of drug-likeness (QED) is 0.373. The average Bonchev–Trinajstić information content (AvgIpc) is 3.11. The minimum Gasteiger partial charge on any atom is -0.353 e. The third-order valence-electron chi connectivity index (χ3n) is 4.44. The molecule has 0 saturated heterocycles. The van der Waals surface area contributed by atoms with Crippen molar-refractivity contribution >= 4 is 29.3 Å². The standard InChI is InChI=1S/C23H25ClN4OS/c1-4-10-25-22(29)9-8-21-26-27-23(28(21)20-7-5-6-19(24)14-20)30-15-18-12-16(2)11-17(3)13-18/h4-7,11-14H,1,8-10,15H2,2-3H3,(H,25,29). The smallest absolute Gasteiger partial charge is 0.220 e. The van der Waals surface area contributed by atoms with E-state index in [1.165, 1.54) is 16.7 Å². The number of aryl methyl sites for hydroxylation is 3. The lowest BCUT2D eigenvalue weighted by atomic mass is 10.1. The fourth-order valence-electron chi connectivity index (χ4n) is 3.23. The zero-order valence-electron chi connectivity index (χ0n) is 17.2. The molecular weight excluding hydrogens is 416 g/mol. The van der Waals surface area contributed by atoms with Gasteiger partial charge in [-0.25, -0.2) is 0 Å². The van der Waals surface area contributed by atoms with Gasteiger partial charge in [-0.15, -0.1) is 16.8 Å². The van der Waals surface area contributed by atoms with Crippen LogP contribution in [0.15, 0.2) is 60.3 Å². The normalized spacial score (nSPS) is 10.8. The first-order valence-corrected chi connectivity index (χ1v) is 11.1. The van der Waals surface area contributed by atoms with Gasteiger partial charge in [0.2, 0.25) is 5.91 Å². The Balaban J connectivity index is 1.84. The molecule has 0 aliphatic rings. The van der Waals surface area contributed by atoms with E-state index in [1.807, 2.05) is 28.8 Å². The van der Waals surface area contributed by atoms with E-state index in [1.54, 1.807) is 17.8 Å². The summed E-state index contributed by atoms with van der Waals surface area (Å²) in [6.07, 6.45) is 2.47. The minimum atomic E-state index is -0.0417. The van der Waals surface area contributed by atoms with Gasteiger partial charge < -0.3 is 5.32 Å². The molecule has 0 saturated carbocycles. The molecule has 1 N–H and O–H groups in total. The second kappa shape index (κ2) is 10.5. The Morgan fingerprint density at radius 3 is 2.67 bits per heavy atom. The Labute approximate surface area is 186 Å². The highest BCUT2D eigenvalue weighted by atomic mass is 35.5. The monoisotopic (exact) mass is 440 g/mol. The van der Waals surface area contributed by atoms with Gasteiger partial charge in [0, 0.05) is 30.2 Å². The lowest BCUT2D eigenvalue weighted by molar-refractivity contribution is -0.120. The summed E-state index contributed by atoms with van der Waals surface area (Å²) in [5, 5.41) is 13.0. The molecule has 156 valence electrons. The summed E-state index contributed by atoms with van der Waals surface area (Å²) in [5.41, 5.74) is 4.61. The van der Waals surface area contributed by atoms with Crippen molar-refractivity contribution < 1.29 is 4.79 Å². The maximum Gasteiger partial charge on any atom is 0.220 e. The molecule has 0 aliphatic heterocycles. The summed E-state index contributed by atoms with van der Waals surface area (Å²) in [4.78, 5) is 12.0. The Bertz CT molecular complexity index is 1030. The number of hydrogen-bond donors (Lipinski definition) is 1. The van der Waals surface area contributed by atoms with Crippen LogP contribution >= 0.6 is 23.4 Å². The largest absolute Gasteiger partial charge is 0.353 e. The molecule has 3 aromatic rings. The van der Waals surface area contributed by atoms with Crippen molar-refractivity contribution in [2.45, 2.75) is 37.6 Å². The van der Waals surface area contributed by atoms with Crippen LogP contribution in [0.5, 0.6) is 0 Å². The van der Waals surface area contributed by atoms with E-state index in [-0.39, 0.29) is 5.91 Å². The van der Waals surface area contributed by atoms with E-state index in [2.05, 4.69) is 54.1 Å². The van der Waals surface area contributed by atoms with Gasteiger partial charge in [-0.1, -0.05) is 64.8 Å². The second-order valence-electron chi connectivity index (χ2n) is 7.09. The van der Waals surface area contributed by atoms with Crippen LogP contribution in [0.1, 0.15) is 28.9 Å². The zero-order chi connectivity index (χ0) is 21.5. The van der Waals surface area contributed by atoms with Crippen molar-refractivity contribution in [2.75, 3.05) is 6.54 Å². The molecule has 1 aromatic heterocycles. The molecule has 2 aromatic carbocycles. The predicted octanol–water partition coefficient (Wildman–Crippen LogP) is 5.06. The molecule has 0 radical (unpaired) electrons. The molecule has 1 amide bonds. The van der Waals surface area contributed by atoms with Crippen molar-refractivity contribution in [3.8, 4) is 5.69 Å². The van der Waals surface area contributed by atoms with Crippen molar-refractivity contribution in [3.05, 3.63) is 82.7 Å². The van der Waals surface area contributed by atoms with E-state index >= 15 is 0 Å². The number of rotatable bonds is 9. The highest BCUT2D eigenvalue weighted by molar-refractivity contribution is 7.98. The second-order valence-corrected chi connectivity index (χ2v) is 8.47. The van der Waals surface area contributed by atoms with Gasteiger partial charge in [0.1, 0.15) is 5.82 Å². The molecule has 0 fully saturated rings. The van der Waals surface area contributed by atoms with Gasteiger partial charge >= 0.3 is 0 Å². The summed E-state index contributed by atoms with van der Waals surface area (Å²) >= 11 is 7.84. The number of hydrogen-bond acceptors (Lipinski definition) is 4. The molecule has 1 heterocycles. The number of aromatic nitrogens is 3. The summed E-state index contributed by atoms with van der Waals surface area (Å²) in [5.74, 6) is 1.47. The molecule has 30 heavy (non-hydrogen) atoms. The van der Waals surface area contributed by atoms with Crippen molar-refractivity contribution in [1.82, 2.24) is 20.1 Å². The van der Waals surface area contributed by atoms with Crippen LogP contribution in [0.4, 0.5) is 0 Å². The Morgan fingerprint density at radius 2 is 1.97 bits per heavy atom. The maximum atomic E-state index is 12.0. The lowest BCUT2D eigenvalue weighted by Crippen LogP contribution is -2.23. The molecule has 0 bridgehead atoms. The van der Waals surface area contributed by atoms with E-state index < -0.39 is 0 Å². The molecule has 0 atom stereocenters. The first kappa shape index (κ1) is 22.1. The van der Waals surface area contributed by atoms with Gasteiger partial charge in [0.15, 0.2) is 5.16 Å². The predicted molar refractivity (Wildman–Crippen MR) is 123 cm³/mol. The summed E-state index contributed by atoms with van der Waals surface area (Å²) < 4.78 is 1.99. The van der Waals surface area contributed by atoms with Crippen molar-refractivity contribution in [3.63, 3.8) is 0 Å². The Morgan fingerprint density at radius 1 is 1.20 bits per heavy atom. The number of carbonyl (C=O) groups is 1. The van der Waals surface area contributed by atoms with Crippen molar-refractivity contribution in [1.29, 1.82) is 0 Å². The van der Waals surface area contributed by atoms with Crippen molar-refractivity contribution in [2.24, 2.45) is 0 Å². The molecule has 0 aliphatic carbocycles. The maximum absolute atomic E-state index is 12.0. The minimum absolute atomic E-state index is 0.0417. The molecular formula is C23H25ClN4OS. The average molecular weight is 441 g/mol. The van der Waals surface area contributed by atoms with Gasteiger partial charge in [0.25, 0.3) is 0 Å². The van der Waals surface area contributed by atoms with E-state index in [4.69, 9.17) is 11.6 Å². The molecule has 3 rings (SSSR count). The topological polar surface area (TPSA) is 59.8 Å². The molecule has 0 unspecified atom stereocenters. The van der Waals surface area contributed by atoms with Crippen LogP contribution in [-0.2, 0) is 17.0 Å². The van der Waals surface area contributed by atoms with Gasteiger partial charge in [-0.05, 0) is 37.6 Å². The third kappa shape index (κ3) is 5.97. The van der Waals surface area contributed by atoms with Crippen LogP contribution < -0.4 is 5.32 Å². The van der Waals surface area contributed by atoms with Crippen LogP contribution in [0, 0.1) is 13.8 Å². The third-order valence-corrected chi connectivity index (χ3v) is 5.67. The summed E-state index contributed by atoms with van der Waals surface area (Å²) in [7, 11) is 0. The van der Waals surface area contributed by atoms with Gasteiger partial charge in [-0.2, -0.15) is 0 Å². The summed E-state index contributed by atoms with van der Waals surface area (Å²) in [6, 6.07) is 14.1. The van der Waals surface area contributed by atoms with E-state index in [9.17, 15) is 4.79 Å². The van der Waals surface area contributed by atoms with Gasteiger partial charge in [0.05, 0.1) is 5.69 Å². The summed E-state index contributed by atoms with van der Waals surface area (Å²) in [6.45, 7) is 8.28. The number of halogens is 1. The van der Waals surface area contributed by atoms with Crippen LogP contribution in [0.25, 0.3) is 5.69 Å². The van der Waals surface area contributed by atoms with Gasteiger partial charge in [-0.3, -0.25) is 9.36 Å². The Hall–Kier alpha value is -2.57. The molecule has 7 heteroatoms. The fraction of sp³-hybridized carbons (Fsp3) is 0.261. The highest BCUT2D eigenvalue weighted by Gasteiger charge is 2.16. The zero-order valence-corrected chi connectivity index (χ0v) is 18.8. The number of nitrogens with one attached hydrogen (secondary N) is 1. The Kier molecular flexibility index (Phi) is 7.71. The SMILES string of the molecule is C=CCNC(=O)CCc1nnc(SCc2cc(C)cc(C)c2)n1-c1cccc(Cl)c1. The fourth-order valence-corrected chi connectivity index (χ4v) is 4.32. The number of carbonyl (C=O) groups excluding carboxylic acids is 1. The molecule has 5 nitrogen and oxygen atoms in total. The first-order valence-electron chi connectivity index (χ1n) is 9.74. The van der Waals surface area contributed by atoms with Crippen LogP contribution in [0.2, 0.25) is 5.02 Å². The lowest BCUT2D eigenvalue weighted by Gasteiger charge is -2.11. The number of nitrogens with zero attached hydrogens (tertiary/aromatic N) is 3. The van der Waals surface area contributed by atoms with E-state index in [0.29, 0.717) is 24.4 Å². The first-order chi connectivity index (χ1) is 14.5. The highest BCUT2D eigenvalue weighted by Crippen LogP contribution is 2.27.